The summed E-state index contributed by atoms with van der Waals surface area (Å²) < 4.78 is 0. The summed E-state index contributed by atoms with van der Waals surface area (Å²) >= 11 is 0. The van der Waals surface area contributed by atoms with Gasteiger partial charge < -0.3 is 0 Å². The summed E-state index contributed by atoms with van der Waals surface area (Å²) in [5.74, 6) is 0.898. The molecule has 0 N–H and O–H groups in total. The van der Waals surface area contributed by atoms with Gasteiger partial charge in [0.05, 0.1) is 0 Å². The molecule has 0 aliphatic rings. The van der Waals surface area contributed by atoms with Crippen LogP contribution in [0.2, 0.25) is 0 Å². The normalized spacial score (nSPS) is 11.5. The molecule has 3 aromatic heterocycles. The molecule has 3 rings (SSSR count). The fraction of sp³-hybridized carbons (Fsp3) is 0.500. The van der Waals surface area contributed by atoms with E-state index in [0.29, 0.717) is 0 Å². The lowest BCUT2D eigenvalue weighted by molar-refractivity contribution is 0.545. The molecule has 0 aliphatic carbocycles. The number of hydrogen-bond donors (Lipinski definition) is 0. The topological polar surface area (TPSA) is 77.3 Å². The fourth-order valence-corrected chi connectivity index (χ4v) is 2.11. The van der Waals surface area contributed by atoms with Gasteiger partial charge in [0.25, 0.3) is 0 Å². The summed E-state index contributed by atoms with van der Waals surface area (Å²) in [6, 6.07) is 3.77. The number of aromatic nitrogens is 6. The van der Waals surface area contributed by atoms with Gasteiger partial charge in [-0.3, -0.25) is 0 Å². The van der Waals surface area contributed by atoms with E-state index in [-0.39, 0.29) is 16.2 Å². The Morgan fingerprint density at radius 1 is 0.567 bits per heavy atom. The van der Waals surface area contributed by atoms with E-state index in [0.717, 1.165) is 11.5 Å². The molecule has 0 saturated carbocycles. The molecule has 0 atom stereocenters. The predicted octanol–water partition coefficient (Wildman–Crippen LogP) is 5.32. The molecule has 6 nitrogen and oxygen atoms in total. The molecule has 0 amide bonds. The summed E-state index contributed by atoms with van der Waals surface area (Å²) in [6.07, 6.45) is 12.2. The Kier molecular flexibility index (Phi) is 9.15. The number of hydrogen-bond acceptors (Lipinski definition) is 6. The van der Waals surface area contributed by atoms with Crippen LogP contribution in [0.15, 0.2) is 55.8 Å². The summed E-state index contributed by atoms with van der Waals surface area (Å²) in [5, 5.41) is 0. The van der Waals surface area contributed by atoms with Gasteiger partial charge in [0, 0.05) is 47.5 Å². The minimum atomic E-state index is 0.0707. The van der Waals surface area contributed by atoms with E-state index >= 15 is 0 Å². The van der Waals surface area contributed by atoms with Crippen molar-refractivity contribution in [3.05, 3.63) is 72.9 Å². The molecule has 0 saturated heterocycles. The third kappa shape index (κ3) is 9.63. The monoisotopic (exact) mass is 408 g/mol. The van der Waals surface area contributed by atoms with Crippen LogP contribution in [-0.2, 0) is 16.2 Å². The van der Waals surface area contributed by atoms with Crippen LogP contribution in [0.1, 0.15) is 79.4 Å². The standard InChI is InChI=1S/3C8H12N2/c1-8(2,3)7-4-9-6-10-5-7;1-8(2,3)7-4-5-9-6-10-7;1-8(2,3)7-9-5-4-6-10-7/h3*4-6H,1-3H3. The van der Waals surface area contributed by atoms with Gasteiger partial charge in [0.1, 0.15) is 18.5 Å². The summed E-state index contributed by atoms with van der Waals surface area (Å²) in [5.41, 5.74) is 2.64. The first-order valence-corrected chi connectivity index (χ1v) is 10.1. The van der Waals surface area contributed by atoms with Crippen molar-refractivity contribution in [2.45, 2.75) is 78.6 Å². The molecule has 0 aliphatic heterocycles. The Morgan fingerprint density at radius 3 is 1.43 bits per heavy atom. The third-order valence-electron chi connectivity index (χ3n) is 4.01. The maximum absolute atomic E-state index is 4.14. The highest BCUT2D eigenvalue weighted by Crippen LogP contribution is 2.19. The molecule has 0 radical (unpaired) electrons. The van der Waals surface area contributed by atoms with Gasteiger partial charge in [-0.25, -0.2) is 29.9 Å². The highest BCUT2D eigenvalue weighted by molar-refractivity contribution is 5.13. The van der Waals surface area contributed by atoms with Crippen molar-refractivity contribution in [2.75, 3.05) is 0 Å². The predicted molar refractivity (Wildman–Crippen MR) is 122 cm³/mol. The van der Waals surface area contributed by atoms with Gasteiger partial charge >= 0.3 is 0 Å². The van der Waals surface area contributed by atoms with Crippen LogP contribution in [0.25, 0.3) is 0 Å². The van der Waals surface area contributed by atoms with Crippen molar-refractivity contribution < 1.29 is 0 Å². The second-order valence-electron chi connectivity index (χ2n) is 10.0. The van der Waals surface area contributed by atoms with Gasteiger partial charge in [0.15, 0.2) is 0 Å². The smallest absolute Gasteiger partial charge is 0.133 e. The summed E-state index contributed by atoms with van der Waals surface area (Å²) in [6.45, 7) is 19.1. The van der Waals surface area contributed by atoms with Crippen LogP contribution in [0.3, 0.4) is 0 Å². The van der Waals surface area contributed by atoms with Gasteiger partial charge in [-0.15, -0.1) is 0 Å². The number of rotatable bonds is 0. The van der Waals surface area contributed by atoms with Gasteiger partial charge in [-0.05, 0) is 23.1 Å². The molecule has 6 heteroatoms. The molecule has 0 spiro atoms. The molecule has 3 heterocycles. The second-order valence-corrected chi connectivity index (χ2v) is 10.0. The first-order valence-electron chi connectivity index (χ1n) is 10.1. The minimum Gasteiger partial charge on any atom is -0.245 e. The molecule has 0 bridgehead atoms. The van der Waals surface area contributed by atoms with E-state index in [9.17, 15) is 0 Å². The first kappa shape index (κ1) is 25.3. The Morgan fingerprint density at radius 2 is 1.13 bits per heavy atom. The van der Waals surface area contributed by atoms with Gasteiger partial charge in [-0.1, -0.05) is 62.3 Å². The molecule has 0 unspecified atom stereocenters. The molecule has 162 valence electrons. The molecular formula is C24H36N6. The summed E-state index contributed by atoms with van der Waals surface area (Å²) in [4.78, 5) is 24.1. The lowest BCUT2D eigenvalue weighted by Gasteiger charge is -2.16. The number of nitrogens with zero attached hydrogens (tertiary/aromatic N) is 6. The van der Waals surface area contributed by atoms with Crippen LogP contribution >= 0.6 is 0 Å². The maximum Gasteiger partial charge on any atom is 0.133 e. The van der Waals surface area contributed by atoms with Crippen LogP contribution in [-0.4, -0.2) is 29.9 Å². The molecule has 3 aromatic rings. The van der Waals surface area contributed by atoms with Crippen molar-refractivity contribution >= 4 is 0 Å². The van der Waals surface area contributed by atoms with Crippen molar-refractivity contribution in [1.82, 2.24) is 29.9 Å². The highest BCUT2D eigenvalue weighted by Gasteiger charge is 2.15. The molecule has 0 fully saturated rings. The zero-order valence-electron chi connectivity index (χ0n) is 19.9. The lowest BCUT2D eigenvalue weighted by Crippen LogP contribution is -2.14. The van der Waals surface area contributed by atoms with E-state index in [2.05, 4.69) is 92.2 Å². The van der Waals surface area contributed by atoms with Crippen molar-refractivity contribution in [3.8, 4) is 0 Å². The van der Waals surface area contributed by atoms with Crippen LogP contribution in [0.5, 0.6) is 0 Å². The first-order chi connectivity index (χ1) is 13.8. The zero-order chi connectivity index (χ0) is 22.8. The van der Waals surface area contributed by atoms with E-state index in [1.165, 1.54) is 5.56 Å². The Labute approximate surface area is 181 Å². The molecule has 0 aromatic carbocycles. The minimum absolute atomic E-state index is 0.0707. The zero-order valence-corrected chi connectivity index (χ0v) is 19.9. The molecular weight excluding hydrogens is 372 g/mol. The Hall–Kier alpha value is -2.76. The van der Waals surface area contributed by atoms with Crippen LogP contribution < -0.4 is 0 Å². The van der Waals surface area contributed by atoms with E-state index in [1.807, 2.05) is 24.5 Å². The average Bonchev–Trinajstić information content (AvgIpc) is 2.69. The maximum atomic E-state index is 4.14. The van der Waals surface area contributed by atoms with Gasteiger partial charge in [-0.2, -0.15) is 0 Å². The largest absolute Gasteiger partial charge is 0.245 e. The third-order valence-corrected chi connectivity index (χ3v) is 4.01. The Bertz CT molecular complexity index is 712. The lowest BCUT2D eigenvalue weighted by atomic mass is 9.89. The van der Waals surface area contributed by atoms with Crippen LogP contribution in [0.4, 0.5) is 0 Å². The van der Waals surface area contributed by atoms with E-state index in [1.54, 1.807) is 31.2 Å². The molecule has 30 heavy (non-hydrogen) atoms. The van der Waals surface area contributed by atoms with Crippen LogP contribution in [0, 0.1) is 0 Å². The van der Waals surface area contributed by atoms with Crippen molar-refractivity contribution in [3.63, 3.8) is 0 Å². The Balaban J connectivity index is 0.000000225. The second kappa shape index (κ2) is 10.9. The van der Waals surface area contributed by atoms with E-state index < -0.39 is 0 Å². The highest BCUT2D eigenvalue weighted by atomic mass is 14.9. The van der Waals surface area contributed by atoms with Crippen molar-refractivity contribution in [2.24, 2.45) is 0 Å². The SMILES string of the molecule is CC(C)(C)c1ccncn1.CC(C)(C)c1cncnc1.CC(C)(C)c1ncccn1. The van der Waals surface area contributed by atoms with Crippen molar-refractivity contribution in [1.29, 1.82) is 0 Å². The average molecular weight is 409 g/mol. The quantitative estimate of drug-likeness (QED) is 0.501. The van der Waals surface area contributed by atoms with Gasteiger partial charge in [0.2, 0.25) is 0 Å². The summed E-state index contributed by atoms with van der Waals surface area (Å²) in [7, 11) is 0. The fourth-order valence-electron chi connectivity index (χ4n) is 2.11. The van der Waals surface area contributed by atoms with E-state index in [4.69, 9.17) is 0 Å².